The van der Waals surface area contributed by atoms with Gasteiger partial charge in [0, 0.05) is 22.5 Å². The molecule has 3 heteroatoms. The Morgan fingerprint density at radius 2 is 1.95 bits per heavy atom. The average Bonchev–Trinajstić information content (AvgIpc) is 2.40. The smallest absolute Gasteiger partial charge is 0.216 e. The number of aryl methyl sites for hydroxylation is 3. The number of hydrogen-bond acceptors (Lipinski definition) is 3. The standard InChI is InChI=1S/C16H20N2O/c1-4-13-6-5-7-15(17)14(13)10-19-16-11(2)8-9-12(3)18-16/h5-9H,4,10,17H2,1-3H3. The second-order valence-electron chi connectivity index (χ2n) is 4.70. The molecule has 1 aromatic heterocycles. The molecular formula is C16H20N2O. The third-order valence-corrected chi connectivity index (χ3v) is 3.23. The van der Waals surface area contributed by atoms with Crippen LogP contribution < -0.4 is 10.5 Å². The van der Waals surface area contributed by atoms with Crippen molar-refractivity contribution in [2.45, 2.75) is 33.8 Å². The Morgan fingerprint density at radius 3 is 2.68 bits per heavy atom. The largest absolute Gasteiger partial charge is 0.473 e. The molecule has 0 unspecified atom stereocenters. The van der Waals surface area contributed by atoms with Crippen molar-refractivity contribution < 1.29 is 4.74 Å². The van der Waals surface area contributed by atoms with Crippen molar-refractivity contribution >= 4 is 5.69 Å². The maximum Gasteiger partial charge on any atom is 0.216 e. The average molecular weight is 256 g/mol. The van der Waals surface area contributed by atoms with Gasteiger partial charge < -0.3 is 10.5 Å². The summed E-state index contributed by atoms with van der Waals surface area (Å²) in [5.41, 5.74) is 11.1. The Kier molecular flexibility index (Phi) is 4.05. The molecule has 19 heavy (non-hydrogen) atoms. The molecule has 0 aliphatic heterocycles. The highest BCUT2D eigenvalue weighted by molar-refractivity contribution is 5.50. The summed E-state index contributed by atoms with van der Waals surface area (Å²) >= 11 is 0. The van der Waals surface area contributed by atoms with E-state index in [0.717, 1.165) is 28.9 Å². The molecule has 3 nitrogen and oxygen atoms in total. The van der Waals surface area contributed by atoms with Crippen LogP contribution in [0.4, 0.5) is 5.69 Å². The van der Waals surface area contributed by atoms with Crippen molar-refractivity contribution in [1.29, 1.82) is 0 Å². The summed E-state index contributed by atoms with van der Waals surface area (Å²) in [6.45, 7) is 6.54. The van der Waals surface area contributed by atoms with E-state index in [1.165, 1.54) is 5.56 Å². The summed E-state index contributed by atoms with van der Waals surface area (Å²) in [4.78, 5) is 4.41. The fraction of sp³-hybridized carbons (Fsp3) is 0.312. The summed E-state index contributed by atoms with van der Waals surface area (Å²) in [5, 5.41) is 0. The molecule has 0 fully saturated rings. The van der Waals surface area contributed by atoms with Gasteiger partial charge in [-0.2, -0.15) is 0 Å². The minimum Gasteiger partial charge on any atom is -0.473 e. The minimum atomic E-state index is 0.465. The second kappa shape index (κ2) is 5.74. The predicted octanol–water partition coefficient (Wildman–Crippen LogP) is 3.42. The fourth-order valence-corrected chi connectivity index (χ4v) is 2.05. The number of rotatable bonds is 4. The van der Waals surface area contributed by atoms with Gasteiger partial charge in [0.2, 0.25) is 5.88 Å². The summed E-state index contributed by atoms with van der Waals surface area (Å²) in [5.74, 6) is 0.685. The van der Waals surface area contributed by atoms with Gasteiger partial charge in [-0.1, -0.05) is 25.1 Å². The van der Waals surface area contributed by atoms with Crippen molar-refractivity contribution in [1.82, 2.24) is 4.98 Å². The zero-order valence-electron chi connectivity index (χ0n) is 11.7. The first kappa shape index (κ1) is 13.4. The molecule has 0 aliphatic rings. The molecule has 2 rings (SSSR count). The van der Waals surface area contributed by atoms with Crippen LogP contribution in [-0.2, 0) is 13.0 Å². The first-order valence-electron chi connectivity index (χ1n) is 6.55. The van der Waals surface area contributed by atoms with Crippen molar-refractivity contribution in [3.63, 3.8) is 0 Å². The molecule has 0 bridgehead atoms. The van der Waals surface area contributed by atoms with E-state index in [0.29, 0.717) is 12.5 Å². The lowest BCUT2D eigenvalue weighted by atomic mass is 10.0. The van der Waals surface area contributed by atoms with Crippen LogP contribution in [0.15, 0.2) is 30.3 Å². The lowest BCUT2D eigenvalue weighted by Gasteiger charge is -2.13. The number of pyridine rings is 1. The van der Waals surface area contributed by atoms with Crippen molar-refractivity contribution in [2.24, 2.45) is 0 Å². The normalized spacial score (nSPS) is 10.5. The number of aromatic nitrogens is 1. The van der Waals surface area contributed by atoms with E-state index in [9.17, 15) is 0 Å². The maximum atomic E-state index is 6.03. The molecule has 0 radical (unpaired) electrons. The Balaban J connectivity index is 2.21. The van der Waals surface area contributed by atoms with Crippen LogP contribution in [0.3, 0.4) is 0 Å². The van der Waals surface area contributed by atoms with Gasteiger partial charge >= 0.3 is 0 Å². The van der Waals surface area contributed by atoms with E-state index in [1.54, 1.807) is 0 Å². The molecule has 0 spiro atoms. The van der Waals surface area contributed by atoms with Crippen LogP contribution in [0.25, 0.3) is 0 Å². The van der Waals surface area contributed by atoms with Crippen LogP contribution in [0.5, 0.6) is 5.88 Å². The van der Waals surface area contributed by atoms with E-state index >= 15 is 0 Å². The maximum absolute atomic E-state index is 6.03. The number of anilines is 1. The lowest BCUT2D eigenvalue weighted by Crippen LogP contribution is -2.06. The molecule has 0 atom stereocenters. The highest BCUT2D eigenvalue weighted by atomic mass is 16.5. The third-order valence-electron chi connectivity index (χ3n) is 3.23. The van der Waals surface area contributed by atoms with Gasteiger partial charge in [-0.05, 0) is 38.0 Å². The van der Waals surface area contributed by atoms with Crippen LogP contribution in [0, 0.1) is 13.8 Å². The van der Waals surface area contributed by atoms with E-state index in [2.05, 4.69) is 18.0 Å². The van der Waals surface area contributed by atoms with Gasteiger partial charge in [-0.25, -0.2) is 4.98 Å². The first-order valence-corrected chi connectivity index (χ1v) is 6.55. The van der Waals surface area contributed by atoms with Crippen molar-refractivity contribution in [3.8, 4) is 5.88 Å². The molecule has 0 saturated carbocycles. The van der Waals surface area contributed by atoms with Crippen LogP contribution in [0.2, 0.25) is 0 Å². The highest BCUT2D eigenvalue weighted by Gasteiger charge is 2.08. The van der Waals surface area contributed by atoms with Crippen LogP contribution >= 0.6 is 0 Å². The summed E-state index contributed by atoms with van der Waals surface area (Å²) in [7, 11) is 0. The van der Waals surface area contributed by atoms with Crippen LogP contribution in [0.1, 0.15) is 29.3 Å². The highest BCUT2D eigenvalue weighted by Crippen LogP contribution is 2.21. The van der Waals surface area contributed by atoms with Gasteiger partial charge in [-0.3, -0.25) is 0 Å². The molecule has 0 amide bonds. The molecule has 1 heterocycles. The number of ether oxygens (including phenoxy) is 1. The van der Waals surface area contributed by atoms with E-state index in [1.807, 2.05) is 38.1 Å². The number of nitrogens with two attached hydrogens (primary N) is 1. The van der Waals surface area contributed by atoms with E-state index < -0.39 is 0 Å². The minimum absolute atomic E-state index is 0.465. The topological polar surface area (TPSA) is 48.1 Å². The van der Waals surface area contributed by atoms with Crippen LogP contribution in [-0.4, -0.2) is 4.98 Å². The Hall–Kier alpha value is -2.03. The Bertz CT molecular complexity index is 579. The zero-order chi connectivity index (χ0) is 13.8. The monoisotopic (exact) mass is 256 g/mol. The molecule has 2 aromatic rings. The van der Waals surface area contributed by atoms with E-state index in [-0.39, 0.29) is 0 Å². The number of nitrogens with zero attached hydrogens (tertiary/aromatic N) is 1. The SMILES string of the molecule is CCc1cccc(N)c1COc1nc(C)ccc1C. The second-order valence-corrected chi connectivity index (χ2v) is 4.70. The first-order chi connectivity index (χ1) is 9.11. The Morgan fingerprint density at radius 1 is 1.16 bits per heavy atom. The van der Waals surface area contributed by atoms with Crippen molar-refractivity contribution in [2.75, 3.05) is 5.73 Å². The number of benzene rings is 1. The molecule has 100 valence electrons. The molecular weight excluding hydrogens is 236 g/mol. The number of nitrogen functional groups attached to an aromatic ring is 1. The van der Waals surface area contributed by atoms with Gasteiger partial charge in [-0.15, -0.1) is 0 Å². The van der Waals surface area contributed by atoms with Gasteiger partial charge in [0.25, 0.3) is 0 Å². The predicted molar refractivity (Wildman–Crippen MR) is 78.3 cm³/mol. The lowest BCUT2D eigenvalue weighted by molar-refractivity contribution is 0.290. The zero-order valence-corrected chi connectivity index (χ0v) is 11.7. The van der Waals surface area contributed by atoms with Crippen molar-refractivity contribution in [3.05, 3.63) is 52.7 Å². The molecule has 1 aromatic carbocycles. The summed E-state index contributed by atoms with van der Waals surface area (Å²) < 4.78 is 5.84. The summed E-state index contributed by atoms with van der Waals surface area (Å²) in [6.07, 6.45) is 0.948. The fourth-order valence-electron chi connectivity index (χ4n) is 2.05. The molecule has 0 aliphatic carbocycles. The summed E-state index contributed by atoms with van der Waals surface area (Å²) in [6, 6.07) is 9.98. The van der Waals surface area contributed by atoms with Gasteiger partial charge in [0.1, 0.15) is 6.61 Å². The van der Waals surface area contributed by atoms with Gasteiger partial charge in [0.05, 0.1) is 0 Å². The third kappa shape index (κ3) is 3.05. The Labute approximate surface area is 114 Å². The van der Waals surface area contributed by atoms with Gasteiger partial charge in [0.15, 0.2) is 0 Å². The number of hydrogen-bond donors (Lipinski definition) is 1. The molecule has 0 saturated heterocycles. The quantitative estimate of drug-likeness (QED) is 0.853. The van der Waals surface area contributed by atoms with E-state index in [4.69, 9.17) is 10.5 Å². The molecule has 2 N–H and O–H groups in total.